The molecule has 0 saturated carbocycles. The maximum Gasteiger partial charge on any atom is 0.145 e. The standard InChI is InChI=1S/C15H21ClFNO/c1-2-8-18-11-15(6-9-19-10-7-15)12-4-3-5-13(16)14(12)17/h3-5,18H,2,6-11H2,1H3. The minimum atomic E-state index is -0.274. The molecule has 1 aromatic rings. The second-order valence-corrected chi connectivity index (χ2v) is 5.58. The zero-order valence-corrected chi connectivity index (χ0v) is 12.1. The van der Waals surface area contributed by atoms with Gasteiger partial charge in [0, 0.05) is 25.2 Å². The third-order valence-electron chi connectivity index (χ3n) is 3.86. The predicted octanol–water partition coefficient (Wildman–Crippen LogP) is 3.53. The molecular weight excluding hydrogens is 265 g/mol. The Morgan fingerprint density at radius 3 is 2.79 bits per heavy atom. The number of benzene rings is 1. The Hall–Kier alpha value is -0.640. The predicted molar refractivity (Wildman–Crippen MR) is 76.3 cm³/mol. The SMILES string of the molecule is CCCNCC1(c2cccc(Cl)c2F)CCOCC1. The van der Waals surface area contributed by atoms with E-state index in [4.69, 9.17) is 16.3 Å². The van der Waals surface area contributed by atoms with E-state index in [1.807, 2.05) is 12.1 Å². The van der Waals surface area contributed by atoms with Crippen molar-refractivity contribution in [1.82, 2.24) is 5.32 Å². The van der Waals surface area contributed by atoms with E-state index >= 15 is 0 Å². The highest BCUT2D eigenvalue weighted by atomic mass is 35.5. The van der Waals surface area contributed by atoms with Crippen molar-refractivity contribution in [1.29, 1.82) is 0 Å². The molecule has 106 valence electrons. The smallest absolute Gasteiger partial charge is 0.145 e. The summed E-state index contributed by atoms with van der Waals surface area (Å²) >= 11 is 5.93. The molecular formula is C15H21ClFNO. The third-order valence-corrected chi connectivity index (χ3v) is 4.15. The Morgan fingerprint density at radius 1 is 1.37 bits per heavy atom. The van der Waals surface area contributed by atoms with E-state index in [0.717, 1.165) is 37.9 Å². The maximum atomic E-state index is 14.3. The lowest BCUT2D eigenvalue weighted by Gasteiger charge is -2.38. The zero-order chi connectivity index (χ0) is 13.7. The first-order chi connectivity index (χ1) is 9.19. The molecule has 0 unspecified atom stereocenters. The van der Waals surface area contributed by atoms with E-state index in [2.05, 4.69) is 12.2 Å². The Bertz CT molecular complexity index is 419. The number of rotatable bonds is 5. The fraction of sp³-hybridized carbons (Fsp3) is 0.600. The van der Waals surface area contributed by atoms with Crippen LogP contribution >= 0.6 is 11.6 Å². The van der Waals surface area contributed by atoms with Crippen LogP contribution in [0.3, 0.4) is 0 Å². The fourth-order valence-corrected chi connectivity index (χ4v) is 2.90. The zero-order valence-electron chi connectivity index (χ0n) is 11.3. The minimum Gasteiger partial charge on any atom is -0.381 e. The van der Waals surface area contributed by atoms with Gasteiger partial charge < -0.3 is 10.1 Å². The summed E-state index contributed by atoms with van der Waals surface area (Å²) in [6.07, 6.45) is 2.74. The monoisotopic (exact) mass is 285 g/mol. The molecule has 4 heteroatoms. The van der Waals surface area contributed by atoms with E-state index in [1.165, 1.54) is 0 Å². The number of hydrogen-bond acceptors (Lipinski definition) is 2. The van der Waals surface area contributed by atoms with Crippen molar-refractivity contribution in [2.24, 2.45) is 0 Å². The summed E-state index contributed by atoms with van der Waals surface area (Å²) in [5, 5.41) is 3.63. The average molecular weight is 286 g/mol. The fourth-order valence-electron chi connectivity index (χ4n) is 2.72. The van der Waals surface area contributed by atoms with Gasteiger partial charge >= 0.3 is 0 Å². The van der Waals surface area contributed by atoms with Crippen LogP contribution in [-0.4, -0.2) is 26.3 Å². The largest absolute Gasteiger partial charge is 0.381 e. The molecule has 2 nitrogen and oxygen atoms in total. The van der Waals surface area contributed by atoms with Crippen molar-refractivity contribution >= 4 is 11.6 Å². The van der Waals surface area contributed by atoms with Crippen LogP contribution in [0.25, 0.3) is 0 Å². The molecule has 0 radical (unpaired) electrons. The average Bonchev–Trinajstić information content (AvgIpc) is 2.43. The van der Waals surface area contributed by atoms with Gasteiger partial charge in [0.15, 0.2) is 0 Å². The van der Waals surface area contributed by atoms with E-state index < -0.39 is 0 Å². The van der Waals surface area contributed by atoms with Crippen LogP contribution in [0.5, 0.6) is 0 Å². The highest BCUT2D eigenvalue weighted by molar-refractivity contribution is 6.30. The summed E-state index contributed by atoms with van der Waals surface area (Å²) in [4.78, 5) is 0. The Labute approximate surface area is 119 Å². The van der Waals surface area contributed by atoms with Gasteiger partial charge in [0.1, 0.15) is 5.82 Å². The van der Waals surface area contributed by atoms with E-state index in [-0.39, 0.29) is 16.3 Å². The van der Waals surface area contributed by atoms with Crippen molar-refractivity contribution < 1.29 is 9.13 Å². The van der Waals surface area contributed by atoms with Gasteiger partial charge in [-0.05, 0) is 37.4 Å². The second-order valence-electron chi connectivity index (χ2n) is 5.17. The van der Waals surface area contributed by atoms with E-state index in [9.17, 15) is 4.39 Å². The van der Waals surface area contributed by atoms with Crippen LogP contribution < -0.4 is 5.32 Å². The van der Waals surface area contributed by atoms with Gasteiger partial charge in [-0.2, -0.15) is 0 Å². The molecule has 0 atom stereocenters. The minimum absolute atomic E-state index is 0.192. The lowest BCUT2D eigenvalue weighted by Crippen LogP contribution is -2.43. The number of halogens is 2. The first-order valence-electron chi connectivity index (χ1n) is 6.92. The van der Waals surface area contributed by atoms with Crippen LogP contribution in [0.1, 0.15) is 31.7 Å². The van der Waals surface area contributed by atoms with Crippen molar-refractivity contribution in [3.05, 3.63) is 34.6 Å². The van der Waals surface area contributed by atoms with Crippen molar-refractivity contribution in [2.75, 3.05) is 26.3 Å². The van der Waals surface area contributed by atoms with Crippen LogP contribution in [0.4, 0.5) is 4.39 Å². The van der Waals surface area contributed by atoms with Crippen LogP contribution in [0.2, 0.25) is 5.02 Å². The highest BCUT2D eigenvalue weighted by Crippen LogP contribution is 2.37. The summed E-state index contributed by atoms with van der Waals surface area (Å²) in [6.45, 7) is 5.22. The van der Waals surface area contributed by atoms with Gasteiger partial charge in [-0.1, -0.05) is 30.7 Å². The summed E-state index contributed by atoms with van der Waals surface area (Å²) in [7, 11) is 0. The highest BCUT2D eigenvalue weighted by Gasteiger charge is 2.36. The molecule has 1 aliphatic heterocycles. The quantitative estimate of drug-likeness (QED) is 0.836. The molecule has 1 heterocycles. The molecule has 2 rings (SSSR count). The molecule has 1 fully saturated rings. The van der Waals surface area contributed by atoms with Crippen molar-refractivity contribution in [2.45, 2.75) is 31.6 Å². The van der Waals surface area contributed by atoms with Gasteiger partial charge in [0.25, 0.3) is 0 Å². The number of ether oxygens (including phenoxy) is 1. The Balaban J connectivity index is 2.28. The van der Waals surface area contributed by atoms with Gasteiger partial charge in [0.2, 0.25) is 0 Å². The van der Waals surface area contributed by atoms with Crippen LogP contribution in [0.15, 0.2) is 18.2 Å². The summed E-state index contributed by atoms with van der Waals surface area (Å²) in [6, 6.07) is 5.30. The van der Waals surface area contributed by atoms with Crippen LogP contribution in [-0.2, 0) is 10.2 Å². The van der Waals surface area contributed by atoms with E-state index in [0.29, 0.717) is 13.2 Å². The van der Waals surface area contributed by atoms with Gasteiger partial charge in [-0.3, -0.25) is 0 Å². The summed E-state index contributed by atoms with van der Waals surface area (Å²) in [5.74, 6) is -0.274. The van der Waals surface area contributed by atoms with E-state index in [1.54, 1.807) is 6.07 Å². The normalized spacial score (nSPS) is 18.5. The first kappa shape index (κ1) is 14.8. The molecule has 0 aromatic heterocycles. The number of hydrogen-bond donors (Lipinski definition) is 1. The van der Waals surface area contributed by atoms with Crippen molar-refractivity contribution in [3.8, 4) is 0 Å². The van der Waals surface area contributed by atoms with Gasteiger partial charge in [-0.15, -0.1) is 0 Å². The second kappa shape index (κ2) is 6.69. The number of nitrogens with one attached hydrogen (secondary N) is 1. The molecule has 1 N–H and O–H groups in total. The van der Waals surface area contributed by atoms with Gasteiger partial charge in [0.05, 0.1) is 5.02 Å². The molecule has 0 amide bonds. The van der Waals surface area contributed by atoms with Crippen molar-refractivity contribution in [3.63, 3.8) is 0 Å². The first-order valence-corrected chi connectivity index (χ1v) is 7.30. The lowest BCUT2D eigenvalue weighted by molar-refractivity contribution is 0.0487. The van der Waals surface area contributed by atoms with Gasteiger partial charge in [-0.25, -0.2) is 4.39 Å². The molecule has 0 bridgehead atoms. The Kier molecular flexibility index (Phi) is 5.20. The molecule has 1 aliphatic rings. The molecule has 1 saturated heterocycles. The topological polar surface area (TPSA) is 21.3 Å². The Morgan fingerprint density at radius 2 is 2.11 bits per heavy atom. The summed E-state index contributed by atoms with van der Waals surface area (Å²) < 4.78 is 19.8. The maximum absolute atomic E-state index is 14.3. The third kappa shape index (κ3) is 3.28. The summed E-state index contributed by atoms with van der Waals surface area (Å²) in [5.41, 5.74) is 0.537. The molecule has 19 heavy (non-hydrogen) atoms. The van der Waals surface area contributed by atoms with Crippen LogP contribution in [0, 0.1) is 5.82 Å². The molecule has 1 aromatic carbocycles. The lowest BCUT2D eigenvalue weighted by atomic mass is 9.74. The molecule has 0 aliphatic carbocycles. The molecule has 0 spiro atoms.